The molecule has 0 saturated carbocycles. The number of benzene rings is 1. The molecular weight excluding hydrogens is 308 g/mol. The Kier molecular flexibility index (Phi) is 4.83. The number of rotatable bonds is 3. The van der Waals surface area contributed by atoms with E-state index in [1.165, 1.54) is 5.56 Å². The molecule has 23 heavy (non-hydrogen) atoms. The van der Waals surface area contributed by atoms with Gasteiger partial charge < -0.3 is 10.6 Å². The summed E-state index contributed by atoms with van der Waals surface area (Å²) in [7, 11) is 0. The molecule has 2 aromatic rings. The van der Waals surface area contributed by atoms with Crippen molar-refractivity contribution in [2.24, 2.45) is 5.73 Å². The van der Waals surface area contributed by atoms with Crippen molar-refractivity contribution in [2.45, 2.75) is 39.2 Å². The van der Waals surface area contributed by atoms with E-state index in [4.69, 9.17) is 27.3 Å². The van der Waals surface area contributed by atoms with Gasteiger partial charge in [0.1, 0.15) is 5.82 Å². The van der Waals surface area contributed by atoms with Crippen molar-refractivity contribution < 1.29 is 0 Å². The van der Waals surface area contributed by atoms with Gasteiger partial charge in [-0.25, -0.2) is 9.97 Å². The van der Waals surface area contributed by atoms with E-state index in [0.717, 1.165) is 60.3 Å². The zero-order valence-corrected chi connectivity index (χ0v) is 14.5. The first kappa shape index (κ1) is 16.2. The van der Waals surface area contributed by atoms with Gasteiger partial charge in [-0.2, -0.15) is 0 Å². The Bertz CT molecular complexity index is 676. The third-order valence-electron chi connectivity index (χ3n) is 4.49. The number of aromatic nitrogens is 2. The van der Waals surface area contributed by atoms with Crippen LogP contribution in [0.4, 0.5) is 5.82 Å². The molecule has 2 heterocycles. The number of hydrogen-bond donors (Lipinski definition) is 1. The van der Waals surface area contributed by atoms with E-state index in [-0.39, 0.29) is 0 Å². The highest BCUT2D eigenvalue weighted by Crippen LogP contribution is 2.28. The highest BCUT2D eigenvalue weighted by atomic mass is 35.5. The van der Waals surface area contributed by atoms with Gasteiger partial charge in [0.25, 0.3) is 0 Å². The van der Waals surface area contributed by atoms with Crippen LogP contribution in [0.2, 0.25) is 5.02 Å². The quantitative estimate of drug-likeness (QED) is 0.934. The van der Waals surface area contributed by atoms with Crippen LogP contribution in [0.15, 0.2) is 24.3 Å². The Morgan fingerprint density at radius 2 is 1.83 bits per heavy atom. The number of hydrogen-bond acceptors (Lipinski definition) is 4. The van der Waals surface area contributed by atoms with Crippen LogP contribution in [-0.2, 0) is 6.42 Å². The SMILES string of the molecule is CCc1c(C)nc(-c2ccc(Cl)cc2)nc1N1CCC(N)CC1. The molecule has 1 saturated heterocycles. The van der Waals surface area contributed by atoms with Gasteiger partial charge in [0.2, 0.25) is 0 Å². The molecule has 0 spiro atoms. The fraction of sp³-hybridized carbons (Fsp3) is 0.444. The lowest BCUT2D eigenvalue weighted by Gasteiger charge is -2.32. The Balaban J connectivity index is 2.01. The number of anilines is 1. The molecule has 1 aromatic carbocycles. The first-order chi connectivity index (χ1) is 11.1. The van der Waals surface area contributed by atoms with Crippen molar-refractivity contribution in [3.63, 3.8) is 0 Å². The van der Waals surface area contributed by atoms with Gasteiger partial charge in [-0.15, -0.1) is 0 Å². The molecule has 0 amide bonds. The van der Waals surface area contributed by atoms with Gasteiger partial charge in [-0.3, -0.25) is 0 Å². The van der Waals surface area contributed by atoms with E-state index in [2.05, 4.69) is 18.7 Å². The maximum atomic E-state index is 6.04. The standard InChI is InChI=1S/C18H23ClN4/c1-3-16-12(2)21-17(13-4-6-14(19)7-5-13)22-18(16)23-10-8-15(20)9-11-23/h4-7,15H,3,8-11,20H2,1-2H3. The Hall–Kier alpha value is -1.65. The lowest BCUT2D eigenvalue weighted by Crippen LogP contribution is -2.40. The van der Waals surface area contributed by atoms with Crippen LogP contribution in [0.25, 0.3) is 11.4 Å². The molecule has 0 atom stereocenters. The molecule has 122 valence electrons. The Morgan fingerprint density at radius 3 is 2.43 bits per heavy atom. The summed E-state index contributed by atoms with van der Waals surface area (Å²) >= 11 is 5.98. The predicted molar refractivity (Wildman–Crippen MR) is 96.0 cm³/mol. The minimum atomic E-state index is 0.315. The maximum absolute atomic E-state index is 6.04. The third-order valence-corrected chi connectivity index (χ3v) is 4.74. The van der Waals surface area contributed by atoms with Crippen LogP contribution in [0.5, 0.6) is 0 Å². The van der Waals surface area contributed by atoms with Crippen LogP contribution in [0.3, 0.4) is 0 Å². The second-order valence-electron chi connectivity index (χ2n) is 6.12. The van der Waals surface area contributed by atoms with Crippen LogP contribution in [0.1, 0.15) is 31.0 Å². The smallest absolute Gasteiger partial charge is 0.161 e. The third kappa shape index (κ3) is 3.48. The topological polar surface area (TPSA) is 55.0 Å². The Morgan fingerprint density at radius 1 is 1.17 bits per heavy atom. The number of halogens is 1. The van der Waals surface area contributed by atoms with Crippen molar-refractivity contribution in [1.82, 2.24) is 9.97 Å². The van der Waals surface area contributed by atoms with E-state index >= 15 is 0 Å². The molecule has 4 nitrogen and oxygen atoms in total. The van der Waals surface area contributed by atoms with Gasteiger partial charge in [-0.05, 0) is 50.5 Å². The summed E-state index contributed by atoms with van der Waals surface area (Å²) < 4.78 is 0. The average molecular weight is 331 g/mol. The van der Waals surface area contributed by atoms with Crippen molar-refractivity contribution in [1.29, 1.82) is 0 Å². The van der Waals surface area contributed by atoms with Gasteiger partial charge in [0.05, 0.1) is 0 Å². The summed E-state index contributed by atoms with van der Waals surface area (Å²) in [5.74, 6) is 1.83. The molecule has 0 aliphatic carbocycles. The van der Waals surface area contributed by atoms with Crippen LogP contribution in [-0.4, -0.2) is 29.1 Å². The summed E-state index contributed by atoms with van der Waals surface area (Å²) in [6, 6.07) is 8.01. The average Bonchev–Trinajstić information content (AvgIpc) is 2.55. The fourth-order valence-electron chi connectivity index (χ4n) is 3.10. The first-order valence-electron chi connectivity index (χ1n) is 8.22. The fourth-order valence-corrected chi connectivity index (χ4v) is 3.22. The lowest BCUT2D eigenvalue weighted by molar-refractivity contribution is 0.497. The summed E-state index contributed by atoms with van der Waals surface area (Å²) in [6.07, 6.45) is 2.97. The van der Waals surface area contributed by atoms with Crippen molar-refractivity contribution >= 4 is 17.4 Å². The summed E-state index contributed by atoms with van der Waals surface area (Å²) in [4.78, 5) is 12.0. The summed E-state index contributed by atoms with van der Waals surface area (Å²) in [5, 5.41) is 0.723. The van der Waals surface area contributed by atoms with E-state index in [1.54, 1.807) is 0 Å². The van der Waals surface area contributed by atoms with Crippen molar-refractivity contribution in [3.05, 3.63) is 40.5 Å². The normalized spacial score (nSPS) is 15.9. The van der Waals surface area contributed by atoms with Crippen LogP contribution >= 0.6 is 11.6 Å². The molecule has 1 aliphatic rings. The molecule has 1 aliphatic heterocycles. The molecular formula is C18H23ClN4. The molecule has 3 rings (SSSR count). The monoisotopic (exact) mass is 330 g/mol. The zero-order valence-electron chi connectivity index (χ0n) is 13.7. The molecule has 5 heteroatoms. The summed E-state index contributed by atoms with van der Waals surface area (Å²) in [6.45, 7) is 6.15. The second-order valence-corrected chi connectivity index (χ2v) is 6.56. The highest BCUT2D eigenvalue weighted by Gasteiger charge is 2.21. The van der Waals surface area contributed by atoms with E-state index < -0.39 is 0 Å². The van der Waals surface area contributed by atoms with E-state index in [0.29, 0.717) is 6.04 Å². The van der Waals surface area contributed by atoms with Gasteiger partial charge in [0, 0.05) is 41.0 Å². The Labute approximate surface area is 142 Å². The van der Waals surface area contributed by atoms with E-state index in [9.17, 15) is 0 Å². The number of nitrogens with two attached hydrogens (primary N) is 1. The maximum Gasteiger partial charge on any atom is 0.161 e. The minimum Gasteiger partial charge on any atom is -0.356 e. The number of aryl methyl sites for hydroxylation is 1. The van der Waals surface area contributed by atoms with Crippen LogP contribution < -0.4 is 10.6 Å². The second kappa shape index (κ2) is 6.85. The predicted octanol–water partition coefficient (Wildman–Crippen LogP) is 3.60. The number of nitrogens with zero attached hydrogens (tertiary/aromatic N) is 3. The van der Waals surface area contributed by atoms with E-state index in [1.807, 2.05) is 24.3 Å². The van der Waals surface area contributed by atoms with Crippen molar-refractivity contribution in [2.75, 3.05) is 18.0 Å². The molecule has 0 bridgehead atoms. The minimum absolute atomic E-state index is 0.315. The van der Waals surface area contributed by atoms with Gasteiger partial charge in [0.15, 0.2) is 5.82 Å². The molecule has 1 fully saturated rings. The number of piperidine rings is 1. The molecule has 0 unspecified atom stereocenters. The highest BCUT2D eigenvalue weighted by molar-refractivity contribution is 6.30. The largest absolute Gasteiger partial charge is 0.356 e. The van der Waals surface area contributed by atoms with Gasteiger partial charge >= 0.3 is 0 Å². The molecule has 0 radical (unpaired) electrons. The zero-order chi connectivity index (χ0) is 16.4. The van der Waals surface area contributed by atoms with Crippen molar-refractivity contribution in [3.8, 4) is 11.4 Å². The van der Waals surface area contributed by atoms with Crippen LogP contribution in [0, 0.1) is 6.92 Å². The molecule has 2 N–H and O–H groups in total. The summed E-state index contributed by atoms with van der Waals surface area (Å²) in [5.41, 5.74) is 9.32. The first-order valence-corrected chi connectivity index (χ1v) is 8.60. The molecule has 1 aromatic heterocycles. The lowest BCUT2D eigenvalue weighted by atomic mass is 10.0. The van der Waals surface area contributed by atoms with Gasteiger partial charge in [-0.1, -0.05) is 18.5 Å².